The van der Waals surface area contributed by atoms with Crippen molar-refractivity contribution in [2.24, 2.45) is 0 Å². The van der Waals surface area contributed by atoms with Crippen molar-refractivity contribution in [2.75, 3.05) is 6.61 Å². The zero-order chi connectivity index (χ0) is 21.4. The lowest BCUT2D eigenvalue weighted by molar-refractivity contribution is 0.0958. The van der Waals surface area contributed by atoms with Gasteiger partial charge in [0.2, 0.25) is 5.89 Å². The van der Waals surface area contributed by atoms with Crippen LogP contribution in [0.2, 0.25) is 0 Å². The van der Waals surface area contributed by atoms with Crippen LogP contribution >= 0.6 is 11.8 Å². The summed E-state index contributed by atoms with van der Waals surface area (Å²) in [4.78, 5) is 28.5. The van der Waals surface area contributed by atoms with Gasteiger partial charge in [-0.05, 0) is 38.8 Å². The van der Waals surface area contributed by atoms with Crippen molar-refractivity contribution in [3.8, 4) is 11.5 Å². The second-order valence-corrected chi connectivity index (χ2v) is 8.67. The molecular formula is C22H23N5O3S. The van der Waals surface area contributed by atoms with Gasteiger partial charge in [-0.2, -0.15) is 0 Å². The molecule has 0 bridgehead atoms. The summed E-state index contributed by atoms with van der Waals surface area (Å²) in [7, 11) is 0. The first-order valence-electron chi connectivity index (χ1n) is 10.3. The lowest BCUT2D eigenvalue weighted by atomic mass is 10.1. The van der Waals surface area contributed by atoms with E-state index in [0.717, 1.165) is 47.2 Å². The standard InChI is InChI=1S/C22H23N5O3S/c1-13-5-3-6-15(9-13)21-25-17(14(2)30-21)11-31-22-26-18-19(23-12-24-20(18)28)27(22)10-16-7-4-8-29-16/h3,5-6,9,12,16H,4,7-8,10-11H2,1-2H3,(H,23,24,28). The van der Waals surface area contributed by atoms with E-state index in [2.05, 4.69) is 21.0 Å². The molecule has 1 saturated heterocycles. The molecule has 5 rings (SSSR count). The lowest BCUT2D eigenvalue weighted by Gasteiger charge is -2.13. The maximum Gasteiger partial charge on any atom is 0.278 e. The van der Waals surface area contributed by atoms with E-state index in [9.17, 15) is 4.79 Å². The van der Waals surface area contributed by atoms with Gasteiger partial charge in [-0.25, -0.2) is 15.0 Å². The van der Waals surface area contributed by atoms with Gasteiger partial charge >= 0.3 is 0 Å². The van der Waals surface area contributed by atoms with E-state index in [1.807, 2.05) is 36.6 Å². The van der Waals surface area contributed by atoms with Crippen LogP contribution < -0.4 is 5.56 Å². The molecule has 1 N–H and O–H groups in total. The van der Waals surface area contributed by atoms with Crippen molar-refractivity contribution in [1.29, 1.82) is 0 Å². The highest BCUT2D eigenvalue weighted by Crippen LogP contribution is 2.29. The van der Waals surface area contributed by atoms with Crippen molar-refractivity contribution in [3.63, 3.8) is 0 Å². The Morgan fingerprint density at radius 3 is 3.00 bits per heavy atom. The van der Waals surface area contributed by atoms with Crippen LogP contribution in [0, 0.1) is 13.8 Å². The third kappa shape index (κ3) is 4.03. The number of hydrogen-bond donors (Lipinski definition) is 1. The first-order valence-corrected chi connectivity index (χ1v) is 11.3. The van der Waals surface area contributed by atoms with E-state index in [1.54, 1.807) is 0 Å². The normalized spacial score (nSPS) is 16.4. The average molecular weight is 438 g/mol. The number of nitrogens with one attached hydrogen (secondary N) is 1. The molecular weight excluding hydrogens is 414 g/mol. The molecule has 1 unspecified atom stereocenters. The minimum atomic E-state index is -0.239. The number of ether oxygens (including phenoxy) is 1. The number of hydrogen-bond acceptors (Lipinski definition) is 7. The largest absolute Gasteiger partial charge is 0.441 e. The minimum absolute atomic E-state index is 0.111. The SMILES string of the molecule is Cc1cccc(-c2nc(CSc3nc4c(=O)[nH]cnc4n3CC3CCCO3)c(C)o2)c1. The van der Waals surface area contributed by atoms with E-state index in [4.69, 9.17) is 14.1 Å². The third-order valence-electron chi connectivity index (χ3n) is 5.41. The van der Waals surface area contributed by atoms with Crippen LogP contribution in [-0.2, 0) is 17.0 Å². The Morgan fingerprint density at radius 1 is 1.29 bits per heavy atom. The Bertz CT molecular complexity index is 1290. The maximum absolute atomic E-state index is 12.3. The molecule has 1 aliphatic heterocycles. The summed E-state index contributed by atoms with van der Waals surface area (Å²) in [6.45, 7) is 5.36. The van der Waals surface area contributed by atoms with Crippen molar-refractivity contribution in [3.05, 3.63) is 58.0 Å². The molecule has 4 heterocycles. The summed E-state index contributed by atoms with van der Waals surface area (Å²) in [5.41, 5.74) is 3.67. The summed E-state index contributed by atoms with van der Waals surface area (Å²) < 4.78 is 13.7. The quantitative estimate of drug-likeness (QED) is 0.457. The number of oxazole rings is 1. The Labute approximate surface area is 183 Å². The number of thioether (sulfide) groups is 1. The van der Waals surface area contributed by atoms with E-state index >= 15 is 0 Å². The van der Waals surface area contributed by atoms with Gasteiger partial charge in [-0.1, -0.05) is 29.5 Å². The molecule has 0 amide bonds. The molecule has 0 saturated carbocycles. The highest BCUT2D eigenvalue weighted by atomic mass is 32.2. The average Bonchev–Trinajstić information content (AvgIpc) is 3.48. The molecule has 160 valence electrons. The summed E-state index contributed by atoms with van der Waals surface area (Å²) in [5.74, 6) is 1.97. The van der Waals surface area contributed by atoms with Crippen LogP contribution in [-0.4, -0.2) is 37.2 Å². The molecule has 31 heavy (non-hydrogen) atoms. The zero-order valence-electron chi connectivity index (χ0n) is 17.4. The lowest BCUT2D eigenvalue weighted by Crippen LogP contribution is -2.16. The van der Waals surface area contributed by atoms with Gasteiger partial charge in [0, 0.05) is 17.9 Å². The van der Waals surface area contributed by atoms with Gasteiger partial charge in [0.15, 0.2) is 16.3 Å². The fourth-order valence-corrected chi connectivity index (χ4v) is 4.80. The smallest absolute Gasteiger partial charge is 0.278 e. The van der Waals surface area contributed by atoms with Crippen LogP contribution in [0.5, 0.6) is 0 Å². The van der Waals surface area contributed by atoms with Crippen LogP contribution in [0.25, 0.3) is 22.6 Å². The molecule has 1 aliphatic rings. The van der Waals surface area contributed by atoms with Gasteiger partial charge in [-0.15, -0.1) is 0 Å². The van der Waals surface area contributed by atoms with Crippen molar-refractivity contribution < 1.29 is 9.15 Å². The number of aromatic amines is 1. The van der Waals surface area contributed by atoms with Crippen LogP contribution in [0.4, 0.5) is 0 Å². The molecule has 9 heteroatoms. The van der Waals surface area contributed by atoms with Crippen molar-refractivity contribution in [2.45, 2.75) is 50.2 Å². The van der Waals surface area contributed by atoms with Gasteiger partial charge in [0.25, 0.3) is 5.56 Å². The number of benzene rings is 1. The summed E-state index contributed by atoms with van der Waals surface area (Å²) >= 11 is 1.52. The van der Waals surface area contributed by atoms with Gasteiger partial charge < -0.3 is 18.7 Å². The second kappa shape index (κ2) is 8.32. The number of aromatic nitrogens is 5. The monoisotopic (exact) mass is 437 g/mol. The zero-order valence-corrected chi connectivity index (χ0v) is 18.2. The molecule has 8 nitrogen and oxygen atoms in total. The predicted molar refractivity (Wildman–Crippen MR) is 118 cm³/mol. The maximum atomic E-state index is 12.3. The first kappa shape index (κ1) is 20.0. The molecule has 1 aromatic carbocycles. The number of imidazole rings is 1. The number of rotatable bonds is 6. The van der Waals surface area contributed by atoms with Gasteiger partial charge in [0.1, 0.15) is 5.76 Å². The molecule has 4 aromatic rings. The van der Waals surface area contributed by atoms with Crippen molar-refractivity contribution >= 4 is 22.9 Å². The fourth-order valence-electron chi connectivity index (χ4n) is 3.79. The Kier molecular flexibility index (Phi) is 5.37. The highest BCUT2D eigenvalue weighted by molar-refractivity contribution is 7.98. The van der Waals surface area contributed by atoms with Crippen LogP contribution in [0.3, 0.4) is 0 Å². The van der Waals surface area contributed by atoms with Crippen LogP contribution in [0.1, 0.15) is 29.9 Å². The predicted octanol–water partition coefficient (Wildman–Crippen LogP) is 3.86. The van der Waals surface area contributed by atoms with E-state index in [1.165, 1.54) is 18.1 Å². The summed E-state index contributed by atoms with van der Waals surface area (Å²) in [6.07, 6.45) is 3.57. The van der Waals surface area contributed by atoms with Gasteiger partial charge in [0.05, 0.1) is 24.7 Å². The van der Waals surface area contributed by atoms with E-state index < -0.39 is 0 Å². The van der Waals surface area contributed by atoms with Crippen LogP contribution in [0.15, 0.2) is 45.0 Å². The Hall–Kier alpha value is -2.91. The van der Waals surface area contributed by atoms with Gasteiger partial charge in [-0.3, -0.25) is 4.79 Å². The van der Waals surface area contributed by atoms with Crippen molar-refractivity contribution in [1.82, 2.24) is 24.5 Å². The summed E-state index contributed by atoms with van der Waals surface area (Å²) in [6, 6.07) is 8.09. The highest BCUT2D eigenvalue weighted by Gasteiger charge is 2.22. The van der Waals surface area contributed by atoms with E-state index in [0.29, 0.717) is 29.4 Å². The molecule has 3 aromatic heterocycles. The third-order valence-corrected chi connectivity index (χ3v) is 6.40. The molecule has 1 atom stereocenters. The summed E-state index contributed by atoms with van der Waals surface area (Å²) in [5, 5.41) is 0.731. The number of aryl methyl sites for hydroxylation is 2. The first-order chi connectivity index (χ1) is 15.1. The fraction of sp³-hybridized carbons (Fsp3) is 0.364. The Balaban J connectivity index is 1.43. The minimum Gasteiger partial charge on any atom is -0.441 e. The molecule has 0 radical (unpaired) electrons. The molecule has 0 spiro atoms. The molecule has 0 aliphatic carbocycles. The van der Waals surface area contributed by atoms with E-state index in [-0.39, 0.29) is 11.7 Å². The number of fused-ring (bicyclic) bond motifs is 1. The second-order valence-electron chi connectivity index (χ2n) is 7.72. The topological polar surface area (TPSA) is 98.8 Å². The Morgan fingerprint density at radius 2 is 2.19 bits per heavy atom. The number of nitrogens with zero attached hydrogens (tertiary/aromatic N) is 4. The molecule has 1 fully saturated rings. The number of H-pyrrole nitrogens is 1.